The molecule has 2 atom stereocenters. The molecule has 1 fully saturated rings. The number of hydrogen-bond donors (Lipinski definition) is 2. The zero-order valence-electron chi connectivity index (χ0n) is 13.4. The number of aromatic nitrogens is 3. The second kappa shape index (κ2) is 8.28. The number of nitrogens with one attached hydrogen (secondary N) is 2. The van der Waals surface area contributed by atoms with E-state index < -0.39 is 0 Å². The van der Waals surface area contributed by atoms with Gasteiger partial charge in [0.2, 0.25) is 0 Å². The molecule has 2 unspecified atom stereocenters. The molecule has 1 aliphatic rings. The van der Waals surface area contributed by atoms with Crippen molar-refractivity contribution in [3.05, 3.63) is 48.0 Å². The molecule has 1 heterocycles. The molecular formula is C16H23IN6. The number of aryl methyl sites for hydroxylation is 1. The molecule has 0 amide bonds. The van der Waals surface area contributed by atoms with Gasteiger partial charge in [0, 0.05) is 25.6 Å². The van der Waals surface area contributed by atoms with E-state index in [-0.39, 0.29) is 24.0 Å². The molecule has 124 valence electrons. The van der Waals surface area contributed by atoms with Gasteiger partial charge < -0.3 is 10.6 Å². The average Bonchev–Trinajstić information content (AvgIpc) is 3.19. The Labute approximate surface area is 153 Å². The lowest BCUT2D eigenvalue weighted by molar-refractivity contribution is 0.696. The second-order valence-electron chi connectivity index (χ2n) is 5.50. The van der Waals surface area contributed by atoms with Crippen molar-refractivity contribution in [3.8, 4) is 0 Å². The molecule has 1 saturated carbocycles. The van der Waals surface area contributed by atoms with E-state index in [0.29, 0.717) is 18.5 Å². The van der Waals surface area contributed by atoms with Crippen molar-refractivity contribution < 1.29 is 0 Å². The summed E-state index contributed by atoms with van der Waals surface area (Å²) < 4.78 is 1.75. The van der Waals surface area contributed by atoms with Gasteiger partial charge in [-0.2, -0.15) is 5.10 Å². The van der Waals surface area contributed by atoms with Gasteiger partial charge in [0.1, 0.15) is 18.7 Å². The standard InChI is InChI=1S/C16H22N6.HI/c1-3-17-16(18-10-15-19-11-20-22(15)2)21-14-9-13(14)12-7-5-4-6-8-12;/h4-8,11,13-14H,3,9-10H2,1-2H3,(H2,17,18,21);1H. The van der Waals surface area contributed by atoms with Gasteiger partial charge in [0.05, 0.1) is 0 Å². The number of hydrogen-bond acceptors (Lipinski definition) is 3. The maximum absolute atomic E-state index is 4.60. The van der Waals surface area contributed by atoms with Gasteiger partial charge in [0.25, 0.3) is 0 Å². The number of guanidine groups is 1. The number of benzene rings is 1. The normalized spacial score (nSPS) is 19.8. The van der Waals surface area contributed by atoms with Gasteiger partial charge in [-0.15, -0.1) is 24.0 Å². The summed E-state index contributed by atoms with van der Waals surface area (Å²) in [5.41, 5.74) is 1.39. The van der Waals surface area contributed by atoms with Crippen LogP contribution in [0.5, 0.6) is 0 Å². The van der Waals surface area contributed by atoms with Crippen molar-refractivity contribution >= 4 is 29.9 Å². The van der Waals surface area contributed by atoms with Crippen molar-refractivity contribution in [1.82, 2.24) is 25.4 Å². The highest BCUT2D eigenvalue weighted by Crippen LogP contribution is 2.40. The maximum Gasteiger partial charge on any atom is 0.191 e. The van der Waals surface area contributed by atoms with Crippen LogP contribution in [0.15, 0.2) is 41.7 Å². The minimum Gasteiger partial charge on any atom is -0.357 e. The van der Waals surface area contributed by atoms with Crippen LogP contribution in [0.3, 0.4) is 0 Å². The summed E-state index contributed by atoms with van der Waals surface area (Å²) in [6.45, 7) is 3.43. The lowest BCUT2D eigenvalue weighted by atomic mass is 10.1. The smallest absolute Gasteiger partial charge is 0.191 e. The van der Waals surface area contributed by atoms with Crippen LogP contribution in [-0.4, -0.2) is 33.3 Å². The molecule has 1 aromatic carbocycles. The van der Waals surface area contributed by atoms with E-state index in [1.807, 2.05) is 7.05 Å². The molecule has 0 spiro atoms. The average molecular weight is 426 g/mol. The Kier molecular flexibility index (Phi) is 6.37. The van der Waals surface area contributed by atoms with Gasteiger partial charge in [-0.05, 0) is 18.9 Å². The highest BCUT2D eigenvalue weighted by Gasteiger charge is 2.38. The Hall–Kier alpha value is -1.64. The lowest BCUT2D eigenvalue weighted by Crippen LogP contribution is -2.39. The molecule has 2 aromatic rings. The van der Waals surface area contributed by atoms with E-state index in [0.717, 1.165) is 24.7 Å². The quantitative estimate of drug-likeness (QED) is 0.437. The summed E-state index contributed by atoms with van der Waals surface area (Å²) in [6.07, 6.45) is 2.70. The van der Waals surface area contributed by atoms with Crippen molar-refractivity contribution in [2.45, 2.75) is 31.8 Å². The second-order valence-corrected chi connectivity index (χ2v) is 5.50. The predicted octanol–water partition coefficient (Wildman–Crippen LogP) is 2.04. The summed E-state index contributed by atoms with van der Waals surface area (Å²) in [6, 6.07) is 11.1. The fourth-order valence-electron chi connectivity index (χ4n) is 2.53. The Balaban J connectivity index is 0.00000192. The van der Waals surface area contributed by atoms with E-state index in [1.54, 1.807) is 11.0 Å². The van der Waals surface area contributed by atoms with Crippen molar-refractivity contribution in [2.24, 2.45) is 12.0 Å². The molecule has 6 nitrogen and oxygen atoms in total. The minimum atomic E-state index is 0. The van der Waals surface area contributed by atoms with Crippen LogP contribution in [0.4, 0.5) is 0 Å². The van der Waals surface area contributed by atoms with Crippen molar-refractivity contribution in [2.75, 3.05) is 6.54 Å². The van der Waals surface area contributed by atoms with Crippen molar-refractivity contribution in [1.29, 1.82) is 0 Å². The summed E-state index contributed by atoms with van der Waals surface area (Å²) >= 11 is 0. The first-order chi connectivity index (χ1) is 10.8. The Bertz CT molecular complexity index is 639. The zero-order valence-corrected chi connectivity index (χ0v) is 15.8. The molecule has 1 aromatic heterocycles. The van der Waals surface area contributed by atoms with Gasteiger partial charge in [-0.1, -0.05) is 30.3 Å². The number of halogens is 1. The van der Waals surface area contributed by atoms with Crippen molar-refractivity contribution in [3.63, 3.8) is 0 Å². The minimum absolute atomic E-state index is 0. The summed E-state index contributed by atoms with van der Waals surface area (Å²) in [5, 5.41) is 10.9. The van der Waals surface area contributed by atoms with Crippen LogP contribution in [0, 0.1) is 0 Å². The maximum atomic E-state index is 4.60. The largest absolute Gasteiger partial charge is 0.357 e. The highest BCUT2D eigenvalue weighted by molar-refractivity contribution is 14.0. The fraction of sp³-hybridized carbons (Fsp3) is 0.438. The molecule has 0 bridgehead atoms. The molecule has 3 rings (SSSR count). The zero-order chi connectivity index (χ0) is 15.4. The van der Waals surface area contributed by atoms with Crippen LogP contribution < -0.4 is 10.6 Å². The van der Waals surface area contributed by atoms with E-state index in [9.17, 15) is 0 Å². The molecule has 0 radical (unpaired) electrons. The molecule has 0 aliphatic heterocycles. The molecule has 7 heteroatoms. The SMILES string of the molecule is CCNC(=NCc1ncnn1C)NC1CC1c1ccccc1.I. The monoisotopic (exact) mass is 426 g/mol. The van der Waals surface area contributed by atoms with Crippen LogP contribution in [0.2, 0.25) is 0 Å². The van der Waals surface area contributed by atoms with Crippen LogP contribution in [0.1, 0.15) is 30.7 Å². The summed E-state index contributed by atoms with van der Waals surface area (Å²) in [7, 11) is 1.88. The third-order valence-corrected chi connectivity index (χ3v) is 3.87. The molecular weight excluding hydrogens is 403 g/mol. The van der Waals surface area contributed by atoms with Crippen LogP contribution in [0.25, 0.3) is 0 Å². The van der Waals surface area contributed by atoms with Gasteiger partial charge in [-0.25, -0.2) is 9.98 Å². The van der Waals surface area contributed by atoms with Gasteiger partial charge >= 0.3 is 0 Å². The first-order valence-corrected chi connectivity index (χ1v) is 7.70. The van der Waals surface area contributed by atoms with E-state index in [2.05, 4.69) is 63.0 Å². The molecule has 2 N–H and O–H groups in total. The first kappa shape index (κ1) is 17.7. The van der Waals surface area contributed by atoms with E-state index in [1.165, 1.54) is 5.56 Å². The Morgan fingerprint density at radius 2 is 2.13 bits per heavy atom. The lowest BCUT2D eigenvalue weighted by Gasteiger charge is -2.11. The third-order valence-electron chi connectivity index (χ3n) is 3.87. The predicted molar refractivity (Wildman–Crippen MR) is 102 cm³/mol. The van der Waals surface area contributed by atoms with E-state index in [4.69, 9.17) is 0 Å². The topological polar surface area (TPSA) is 67.1 Å². The third kappa shape index (κ3) is 4.66. The van der Waals surface area contributed by atoms with Gasteiger partial charge in [-0.3, -0.25) is 4.68 Å². The number of aliphatic imine (C=N–C) groups is 1. The molecule has 1 aliphatic carbocycles. The summed E-state index contributed by atoms with van der Waals surface area (Å²) in [4.78, 5) is 8.79. The number of nitrogens with zero attached hydrogens (tertiary/aromatic N) is 4. The van der Waals surface area contributed by atoms with E-state index >= 15 is 0 Å². The number of rotatable bonds is 5. The summed E-state index contributed by atoms with van der Waals surface area (Å²) in [5.74, 6) is 2.28. The van der Waals surface area contributed by atoms with Crippen LogP contribution in [-0.2, 0) is 13.6 Å². The van der Waals surface area contributed by atoms with Crippen LogP contribution >= 0.6 is 24.0 Å². The Morgan fingerprint density at radius 1 is 1.35 bits per heavy atom. The Morgan fingerprint density at radius 3 is 2.78 bits per heavy atom. The highest BCUT2D eigenvalue weighted by atomic mass is 127. The molecule has 23 heavy (non-hydrogen) atoms. The molecule has 0 saturated heterocycles. The fourth-order valence-corrected chi connectivity index (χ4v) is 2.53. The first-order valence-electron chi connectivity index (χ1n) is 7.70. The van der Waals surface area contributed by atoms with Gasteiger partial charge in [0.15, 0.2) is 5.96 Å².